The number of nitrogens with zero attached hydrogens (tertiary/aromatic N) is 1. The molecule has 4 unspecified atom stereocenters. The Labute approximate surface area is 134 Å². The van der Waals surface area contributed by atoms with E-state index in [4.69, 9.17) is 4.74 Å². The Kier molecular flexibility index (Phi) is 6.11. The van der Waals surface area contributed by atoms with E-state index in [1.54, 1.807) is 6.92 Å². The molecule has 2 fully saturated rings. The molecule has 2 rings (SSSR count). The zero-order valence-electron chi connectivity index (χ0n) is 12.7. The first kappa shape index (κ1) is 17.2. The van der Waals surface area contributed by atoms with Crippen LogP contribution in [0.25, 0.3) is 0 Å². The van der Waals surface area contributed by atoms with Crippen LogP contribution in [0.3, 0.4) is 0 Å². The molecule has 0 aliphatic heterocycles. The molecule has 0 aromatic rings. The highest BCUT2D eigenvalue weighted by Crippen LogP contribution is 2.43. The summed E-state index contributed by atoms with van der Waals surface area (Å²) >= 11 is 0. The molecule has 0 aromatic heterocycles. The number of fused-ring (bicyclic) bond motifs is 1. The van der Waals surface area contributed by atoms with Crippen LogP contribution in [-0.2, 0) is 9.53 Å². The summed E-state index contributed by atoms with van der Waals surface area (Å²) in [6.07, 6.45) is 7.92. The second-order valence-corrected chi connectivity index (χ2v) is 7.11. The van der Waals surface area contributed by atoms with Crippen molar-refractivity contribution < 1.29 is 38.0 Å². The highest BCUT2D eigenvalue weighted by atomic mass is 127. The van der Waals surface area contributed by atoms with Gasteiger partial charge in [-0.25, -0.2) is 0 Å². The number of rotatable bonds is 2. The Hall–Kier alpha value is 0.160. The summed E-state index contributed by atoms with van der Waals surface area (Å²) in [5.41, 5.74) is 0. The van der Waals surface area contributed by atoms with Crippen molar-refractivity contribution in [1.29, 1.82) is 0 Å². The second-order valence-electron chi connectivity index (χ2n) is 7.11. The summed E-state index contributed by atoms with van der Waals surface area (Å²) in [7, 11) is 6.68. The van der Waals surface area contributed by atoms with Gasteiger partial charge in [0.05, 0.1) is 21.1 Å². The summed E-state index contributed by atoms with van der Waals surface area (Å²) in [5.74, 6) is 1.55. The van der Waals surface area contributed by atoms with Crippen molar-refractivity contribution in [3.05, 3.63) is 0 Å². The van der Waals surface area contributed by atoms with Gasteiger partial charge in [0.1, 0.15) is 6.04 Å². The molecule has 0 saturated heterocycles. The molecule has 0 spiro atoms. The Morgan fingerprint density at radius 1 is 1.05 bits per heavy atom. The zero-order chi connectivity index (χ0) is 13.3. The maximum Gasteiger partial charge on any atom is 0.303 e. The standard InChI is InChI=1S/C15H28NO2.HI/c1-11(17)18-15-10-13-8-6-5-7-12(13)9-14(15)16(2,3)4;/h12-15H,5-10H2,1-4H3;1H/q+1;/p-1. The lowest BCUT2D eigenvalue weighted by atomic mass is 9.68. The van der Waals surface area contributed by atoms with Crippen LogP contribution in [0.1, 0.15) is 45.4 Å². The van der Waals surface area contributed by atoms with Crippen LogP contribution >= 0.6 is 0 Å². The zero-order valence-corrected chi connectivity index (χ0v) is 14.9. The average Bonchev–Trinajstić information content (AvgIpc) is 2.26. The first-order valence-corrected chi connectivity index (χ1v) is 7.36. The molecular formula is C15H28INO2. The van der Waals surface area contributed by atoms with E-state index in [0.29, 0.717) is 6.04 Å². The molecule has 2 saturated carbocycles. The summed E-state index contributed by atoms with van der Waals surface area (Å²) in [6, 6.07) is 0.466. The number of carbonyl (C=O) groups excluding carboxylic acids is 1. The quantitative estimate of drug-likeness (QED) is 0.370. The van der Waals surface area contributed by atoms with Gasteiger partial charge in [0.15, 0.2) is 6.10 Å². The van der Waals surface area contributed by atoms with Gasteiger partial charge >= 0.3 is 5.97 Å². The van der Waals surface area contributed by atoms with Crippen LogP contribution in [0, 0.1) is 11.8 Å². The fourth-order valence-corrected chi connectivity index (χ4v) is 3.98. The lowest BCUT2D eigenvalue weighted by Crippen LogP contribution is -3.00. The molecule has 0 heterocycles. The summed E-state index contributed by atoms with van der Waals surface area (Å²) in [5, 5.41) is 0. The number of hydrogen-bond acceptors (Lipinski definition) is 2. The van der Waals surface area contributed by atoms with Gasteiger partial charge in [-0.1, -0.05) is 19.3 Å². The normalized spacial score (nSPS) is 34.9. The minimum absolute atomic E-state index is 0. The van der Waals surface area contributed by atoms with Gasteiger partial charge in [0, 0.05) is 13.3 Å². The molecule has 0 aromatic carbocycles. The van der Waals surface area contributed by atoms with Crippen LogP contribution in [0.15, 0.2) is 0 Å². The molecule has 0 amide bonds. The Morgan fingerprint density at radius 3 is 2.05 bits per heavy atom. The second kappa shape index (κ2) is 6.74. The average molecular weight is 381 g/mol. The Balaban J connectivity index is 0.00000180. The van der Waals surface area contributed by atoms with E-state index in [2.05, 4.69) is 21.1 Å². The molecule has 2 aliphatic rings. The van der Waals surface area contributed by atoms with Crippen molar-refractivity contribution in [2.45, 2.75) is 57.6 Å². The van der Waals surface area contributed by atoms with Gasteiger partial charge in [0.25, 0.3) is 0 Å². The van der Waals surface area contributed by atoms with Crippen molar-refractivity contribution in [2.24, 2.45) is 11.8 Å². The van der Waals surface area contributed by atoms with E-state index >= 15 is 0 Å². The number of halogens is 1. The number of ether oxygens (including phenoxy) is 1. The SMILES string of the molecule is CC(=O)OC1CC2CCCCC2CC1[N+](C)(C)C.[I-]. The number of esters is 1. The molecule has 2 aliphatic carbocycles. The lowest BCUT2D eigenvalue weighted by Gasteiger charge is -2.47. The lowest BCUT2D eigenvalue weighted by molar-refractivity contribution is -0.901. The summed E-state index contributed by atoms with van der Waals surface area (Å²) in [4.78, 5) is 11.3. The van der Waals surface area contributed by atoms with Gasteiger partial charge in [-0.2, -0.15) is 0 Å². The maximum absolute atomic E-state index is 11.3. The monoisotopic (exact) mass is 381 g/mol. The largest absolute Gasteiger partial charge is 1.00 e. The number of likely N-dealkylation sites (N-methyl/N-ethyl adjacent to an activating group) is 1. The van der Waals surface area contributed by atoms with Crippen molar-refractivity contribution in [2.75, 3.05) is 21.1 Å². The first-order valence-electron chi connectivity index (χ1n) is 7.36. The van der Waals surface area contributed by atoms with Crippen LogP contribution in [0.5, 0.6) is 0 Å². The van der Waals surface area contributed by atoms with E-state index in [9.17, 15) is 4.79 Å². The third-order valence-corrected chi connectivity index (χ3v) is 4.89. The third kappa shape index (κ3) is 4.31. The molecular weight excluding hydrogens is 353 g/mol. The molecule has 3 nitrogen and oxygen atoms in total. The minimum Gasteiger partial charge on any atom is -1.00 e. The number of carbonyl (C=O) groups is 1. The van der Waals surface area contributed by atoms with Crippen molar-refractivity contribution in [3.8, 4) is 0 Å². The van der Waals surface area contributed by atoms with Gasteiger partial charge in [-0.3, -0.25) is 4.79 Å². The fraction of sp³-hybridized carbons (Fsp3) is 0.933. The first-order chi connectivity index (χ1) is 8.38. The molecule has 19 heavy (non-hydrogen) atoms. The summed E-state index contributed by atoms with van der Waals surface area (Å²) < 4.78 is 6.53. The molecule has 0 bridgehead atoms. The number of hydrogen-bond donors (Lipinski definition) is 0. The number of quaternary nitrogens is 1. The van der Waals surface area contributed by atoms with Gasteiger partial charge in [-0.15, -0.1) is 0 Å². The highest BCUT2D eigenvalue weighted by molar-refractivity contribution is 5.66. The van der Waals surface area contributed by atoms with E-state index in [1.807, 2.05) is 0 Å². The predicted molar refractivity (Wildman–Crippen MR) is 72.1 cm³/mol. The molecule has 0 N–H and O–H groups in total. The predicted octanol–water partition coefficient (Wildman–Crippen LogP) is -0.403. The van der Waals surface area contributed by atoms with Crippen LogP contribution in [-0.4, -0.2) is 43.7 Å². The highest BCUT2D eigenvalue weighted by Gasteiger charge is 2.45. The smallest absolute Gasteiger partial charge is 0.303 e. The van der Waals surface area contributed by atoms with Crippen LogP contribution in [0.4, 0.5) is 0 Å². The van der Waals surface area contributed by atoms with E-state index < -0.39 is 0 Å². The van der Waals surface area contributed by atoms with Gasteiger partial charge in [0.2, 0.25) is 0 Å². The molecule has 4 atom stereocenters. The molecule has 0 radical (unpaired) electrons. The Bertz CT molecular complexity index is 314. The van der Waals surface area contributed by atoms with Gasteiger partial charge < -0.3 is 33.2 Å². The van der Waals surface area contributed by atoms with Crippen molar-refractivity contribution >= 4 is 5.97 Å². The summed E-state index contributed by atoms with van der Waals surface area (Å²) in [6.45, 7) is 1.54. The van der Waals surface area contributed by atoms with E-state index in [1.165, 1.54) is 32.1 Å². The fourth-order valence-electron chi connectivity index (χ4n) is 3.98. The minimum atomic E-state index is -0.118. The van der Waals surface area contributed by atoms with Crippen LogP contribution in [0.2, 0.25) is 0 Å². The van der Waals surface area contributed by atoms with E-state index in [-0.39, 0.29) is 36.0 Å². The molecule has 112 valence electrons. The topological polar surface area (TPSA) is 26.3 Å². The Morgan fingerprint density at radius 2 is 1.58 bits per heavy atom. The van der Waals surface area contributed by atoms with Crippen LogP contribution < -0.4 is 24.0 Å². The van der Waals surface area contributed by atoms with Crippen molar-refractivity contribution in [1.82, 2.24) is 0 Å². The molecule has 4 heteroatoms. The van der Waals surface area contributed by atoms with E-state index in [0.717, 1.165) is 22.7 Å². The maximum atomic E-state index is 11.3. The van der Waals surface area contributed by atoms with Crippen molar-refractivity contribution in [3.63, 3.8) is 0 Å². The van der Waals surface area contributed by atoms with Gasteiger partial charge in [-0.05, 0) is 24.7 Å². The third-order valence-electron chi connectivity index (χ3n) is 4.89.